The summed E-state index contributed by atoms with van der Waals surface area (Å²) in [4.78, 5) is 25.6. The van der Waals surface area contributed by atoms with Gasteiger partial charge in [-0.25, -0.2) is 9.59 Å². The molecule has 1 heterocycles. The lowest BCUT2D eigenvalue weighted by atomic mass is 9.77. The van der Waals surface area contributed by atoms with Crippen LogP contribution in [0.25, 0.3) is 0 Å². The third-order valence-corrected chi connectivity index (χ3v) is 5.01. The highest BCUT2D eigenvalue weighted by Crippen LogP contribution is 2.32. The quantitative estimate of drug-likeness (QED) is 0.722. The highest BCUT2D eigenvalue weighted by Gasteiger charge is 2.43. The molecule has 1 saturated carbocycles. The summed E-state index contributed by atoms with van der Waals surface area (Å²) in [7, 11) is 0. The number of amides is 2. The van der Waals surface area contributed by atoms with Gasteiger partial charge in [0.15, 0.2) is 0 Å². The van der Waals surface area contributed by atoms with Crippen LogP contribution in [0.5, 0.6) is 0 Å². The van der Waals surface area contributed by atoms with Crippen LogP contribution >= 0.6 is 0 Å². The Morgan fingerprint density at radius 3 is 2.14 bits per heavy atom. The maximum Gasteiger partial charge on any atom is 0.329 e. The van der Waals surface area contributed by atoms with E-state index in [9.17, 15) is 19.8 Å². The molecule has 2 aliphatic rings. The number of hydrogen-bond acceptors (Lipinski definition) is 3. The van der Waals surface area contributed by atoms with Crippen molar-refractivity contribution in [2.24, 2.45) is 5.92 Å². The second kappa shape index (κ2) is 5.83. The van der Waals surface area contributed by atoms with E-state index in [1.807, 2.05) is 0 Å². The number of aliphatic hydroxyl groups is 1. The van der Waals surface area contributed by atoms with Crippen molar-refractivity contribution in [1.29, 1.82) is 0 Å². The number of urea groups is 1. The fourth-order valence-electron chi connectivity index (χ4n) is 3.12. The number of carbonyl (C=O) groups excluding carboxylic acids is 1. The van der Waals surface area contributed by atoms with Gasteiger partial charge in [-0.3, -0.25) is 0 Å². The van der Waals surface area contributed by atoms with Crippen LogP contribution in [-0.2, 0) is 4.79 Å². The first-order valence-electron chi connectivity index (χ1n) is 7.77. The predicted octanol–water partition coefficient (Wildman–Crippen LogP) is 1.58. The maximum absolute atomic E-state index is 12.3. The average Bonchev–Trinajstić information content (AvgIpc) is 2.41. The monoisotopic (exact) mass is 298 g/mol. The van der Waals surface area contributed by atoms with Gasteiger partial charge in [-0.1, -0.05) is 6.92 Å². The molecule has 6 heteroatoms. The third kappa shape index (κ3) is 3.67. The number of nitrogens with one attached hydrogen (secondary N) is 1. The van der Waals surface area contributed by atoms with Crippen molar-refractivity contribution in [1.82, 2.24) is 10.2 Å². The van der Waals surface area contributed by atoms with Gasteiger partial charge in [-0.15, -0.1) is 0 Å². The molecular weight excluding hydrogens is 272 g/mol. The van der Waals surface area contributed by atoms with Crippen molar-refractivity contribution >= 4 is 12.0 Å². The van der Waals surface area contributed by atoms with Gasteiger partial charge in [-0.2, -0.15) is 0 Å². The Morgan fingerprint density at radius 1 is 1.14 bits per heavy atom. The molecule has 0 radical (unpaired) electrons. The molecule has 0 aromatic carbocycles. The molecule has 1 aliphatic carbocycles. The van der Waals surface area contributed by atoms with Crippen molar-refractivity contribution < 1.29 is 19.8 Å². The van der Waals surface area contributed by atoms with E-state index in [-0.39, 0.29) is 6.03 Å². The molecule has 3 N–H and O–H groups in total. The zero-order valence-electron chi connectivity index (χ0n) is 12.9. The first kappa shape index (κ1) is 16.1. The molecule has 0 aromatic rings. The van der Waals surface area contributed by atoms with Crippen LogP contribution < -0.4 is 5.32 Å². The second-order valence-corrected chi connectivity index (χ2v) is 6.98. The molecule has 1 saturated heterocycles. The summed E-state index contributed by atoms with van der Waals surface area (Å²) in [5.74, 6) is -0.425. The molecule has 0 aromatic heterocycles. The third-order valence-electron chi connectivity index (χ3n) is 5.01. The number of nitrogens with zero attached hydrogens (tertiary/aromatic N) is 1. The highest BCUT2D eigenvalue weighted by molar-refractivity contribution is 5.86. The molecule has 6 nitrogen and oxygen atoms in total. The number of piperidine rings is 1. The fourth-order valence-corrected chi connectivity index (χ4v) is 3.12. The van der Waals surface area contributed by atoms with Gasteiger partial charge in [0, 0.05) is 13.1 Å². The van der Waals surface area contributed by atoms with Gasteiger partial charge >= 0.3 is 12.0 Å². The first-order chi connectivity index (χ1) is 9.74. The number of likely N-dealkylation sites (tertiary alicyclic amines) is 1. The van der Waals surface area contributed by atoms with Gasteiger partial charge in [0.1, 0.15) is 5.54 Å². The second-order valence-electron chi connectivity index (χ2n) is 6.98. The summed E-state index contributed by atoms with van der Waals surface area (Å²) in [5.41, 5.74) is -1.84. The Labute approximate surface area is 125 Å². The molecule has 2 fully saturated rings. The van der Waals surface area contributed by atoms with E-state index in [1.165, 1.54) is 0 Å². The number of carboxylic acid groups (broad SMARTS) is 1. The molecule has 0 spiro atoms. The molecule has 21 heavy (non-hydrogen) atoms. The van der Waals surface area contributed by atoms with Crippen LogP contribution in [-0.4, -0.2) is 51.3 Å². The topological polar surface area (TPSA) is 89.9 Å². The van der Waals surface area contributed by atoms with Crippen molar-refractivity contribution in [2.75, 3.05) is 13.1 Å². The zero-order chi connectivity index (χ0) is 15.7. The summed E-state index contributed by atoms with van der Waals surface area (Å²) in [6.07, 6.45) is 3.67. The minimum atomic E-state index is -1.12. The number of rotatable bonds is 2. The number of hydrogen-bond donors (Lipinski definition) is 3. The number of carbonyl (C=O) groups is 2. The van der Waals surface area contributed by atoms with Crippen LogP contribution in [0.1, 0.15) is 52.4 Å². The Hall–Kier alpha value is -1.30. The lowest BCUT2D eigenvalue weighted by Crippen LogP contribution is -2.60. The van der Waals surface area contributed by atoms with Crippen molar-refractivity contribution in [2.45, 2.75) is 63.5 Å². The number of aliphatic carboxylic acids is 1. The predicted molar refractivity (Wildman–Crippen MR) is 78.0 cm³/mol. The Kier molecular flexibility index (Phi) is 4.46. The summed E-state index contributed by atoms with van der Waals surface area (Å²) < 4.78 is 0. The van der Waals surface area contributed by atoms with E-state index < -0.39 is 17.1 Å². The Bertz CT molecular complexity index is 404. The molecule has 1 aliphatic heterocycles. The van der Waals surface area contributed by atoms with E-state index in [1.54, 1.807) is 11.8 Å². The van der Waals surface area contributed by atoms with Gasteiger partial charge in [0.05, 0.1) is 5.60 Å². The normalized spacial score (nSPS) is 32.5. The smallest absolute Gasteiger partial charge is 0.329 e. The molecule has 2 amide bonds. The molecule has 120 valence electrons. The summed E-state index contributed by atoms with van der Waals surface area (Å²) in [6.45, 7) is 4.81. The average molecular weight is 298 g/mol. The van der Waals surface area contributed by atoms with Crippen LogP contribution in [0.2, 0.25) is 0 Å². The first-order valence-corrected chi connectivity index (χ1v) is 7.77. The standard InChI is InChI=1S/C15H26N2O4/c1-11-3-5-15(6-4-11,12(18)19)16-13(20)17-9-7-14(2,21)8-10-17/h11,21H,3-10H2,1-2H3,(H,16,20)(H,18,19). The number of carboxylic acids is 1. The van der Waals surface area contributed by atoms with Crippen molar-refractivity contribution in [3.63, 3.8) is 0 Å². The van der Waals surface area contributed by atoms with Gasteiger partial charge in [0.25, 0.3) is 0 Å². The van der Waals surface area contributed by atoms with E-state index >= 15 is 0 Å². The summed E-state index contributed by atoms with van der Waals surface area (Å²) in [6, 6.07) is -0.317. The van der Waals surface area contributed by atoms with Gasteiger partial charge in [0.2, 0.25) is 0 Å². The largest absolute Gasteiger partial charge is 0.480 e. The molecule has 0 unspecified atom stereocenters. The van der Waals surface area contributed by atoms with Crippen LogP contribution in [0.15, 0.2) is 0 Å². The fraction of sp³-hybridized carbons (Fsp3) is 0.867. The summed E-state index contributed by atoms with van der Waals surface area (Å²) >= 11 is 0. The zero-order valence-corrected chi connectivity index (χ0v) is 12.9. The molecule has 2 rings (SSSR count). The lowest BCUT2D eigenvalue weighted by Gasteiger charge is -2.40. The highest BCUT2D eigenvalue weighted by atomic mass is 16.4. The van der Waals surface area contributed by atoms with Crippen LogP contribution in [0, 0.1) is 5.92 Å². The van der Waals surface area contributed by atoms with Crippen LogP contribution in [0.3, 0.4) is 0 Å². The Balaban J connectivity index is 1.98. The molecular formula is C15H26N2O4. The van der Waals surface area contributed by atoms with E-state index in [0.29, 0.717) is 44.7 Å². The minimum Gasteiger partial charge on any atom is -0.480 e. The molecule has 0 bridgehead atoms. The van der Waals surface area contributed by atoms with Crippen molar-refractivity contribution in [3.8, 4) is 0 Å². The van der Waals surface area contributed by atoms with E-state index in [4.69, 9.17) is 0 Å². The SMILES string of the molecule is CC1CCC(NC(=O)N2CCC(C)(O)CC2)(C(=O)O)CC1. The van der Waals surface area contributed by atoms with Crippen LogP contribution in [0.4, 0.5) is 4.79 Å². The summed E-state index contributed by atoms with van der Waals surface area (Å²) in [5, 5.41) is 22.2. The van der Waals surface area contributed by atoms with Gasteiger partial charge < -0.3 is 20.4 Å². The molecule has 0 atom stereocenters. The maximum atomic E-state index is 12.3. The van der Waals surface area contributed by atoms with E-state index in [2.05, 4.69) is 12.2 Å². The van der Waals surface area contributed by atoms with Crippen molar-refractivity contribution in [3.05, 3.63) is 0 Å². The Morgan fingerprint density at radius 2 is 1.67 bits per heavy atom. The van der Waals surface area contributed by atoms with Gasteiger partial charge in [-0.05, 0) is 51.4 Å². The van der Waals surface area contributed by atoms with E-state index in [0.717, 1.165) is 12.8 Å². The lowest BCUT2D eigenvalue weighted by molar-refractivity contribution is -0.146. The minimum absolute atomic E-state index is 0.317.